The Labute approximate surface area is 202 Å². The van der Waals surface area contributed by atoms with Crippen LogP contribution in [-0.2, 0) is 4.74 Å². The van der Waals surface area contributed by atoms with Crippen LogP contribution in [0.15, 0.2) is 48.7 Å². The number of rotatable bonds is 5. The van der Waals surface area contributed by atoms with Crippen molar-refractivity contribution in [3.8, 4) is 5.69 Å². The number of para-hydroxylation sites is 1. The molecule has 2 aliphatic rings. The smallest absolute Gasteiger partial charge is 0.415 e. The van der Waals surface area contributed by atoms with Gasteiger partial charge in [-0.1, -0.05) is 12.1 Å². The topological polar surface area (TPSA) is 72.3 Å². The molecule has 1 aliphatic heterocycles. The average Bonchev–Trinajstić information content (AvgIpc) is 3.38. The highest BCUT2D eigenvalue weighted by molar-refractivity contribution is 5.90. The maximum absolute atomic E-state index is 14.3. The summed E-state index contributed by atoms with van der Waals surface area (Å²) in [5.41, 5.74) is 0.539. The van der Waals surface area contributed by atoms with Gasteiger partial charge in [-0.15, -0.1) is 12.4 Å². The standard InChI is InChI=1S/C24H25F2N5O2.ClH/c1-16-6-7-20(22(26)28-16)30-15-24(33-23(30)32)11-8-17(9-12-24)14-27-21-10-13-31(29-21)19-5-3-2-4-18(19)25;/h2-7,10,13,17H,8-9,11-12,14-15H2,1H3,(H,27,29);1H/t17-,24-;. The van der Waals surface area contributed by atoms with Gasteiger partial charge in [-0.25, -0.2) is 18.9 Å². The van der Waals surface area contributed by atoms with Crippen LogP contribution in [0.4, 0.5) is 25.1 Å². The molecular weight excluding hydrogens is 464 g/mol. The van der Waals surface area contributed by atoms with E-state index in [1.54, 1.807) is 43.5 Å². The molecule has 0 radical (unpaired) electrons. The lowest BCUT2D eigenvalue weighted by Gasteiger charge is -2.35. The quantitative estimate of drug-likeness (QED) is 0.494. The van der Waals surface area contributed by atoms with Gasteiger partial charge in [0.2, 0.25) is 5.95 Å². The van der Waals surface area contributed by atoms with E-state index in [0.29, 0.717) is 42.5 Å². The predicted molar refractivity (Wildman–Crippen MR) is 127 cm³/mol. The number of aromatic nitrogens is 3. The van der Waals surface area contributed by atoms with Crippen LogP contribution in [0, 0.1) is 24.6 Å². The second-order valence-electron chi connectivity index (χ2n) is 8.82. The lowest BCUT2D eigenvalue weighted by Crippen LogP contribution is -2.39. The number of hydrogen-bond acceptors (Lipinski definition) is 5. The summed E-state index contributed by atoms with van der Waals surface area (Å²) in [5, 5.41) is 7.74. The lowest BCUT2D eigenvalue weighted by atomic mass is 9.78. The number of carbonyl (C=O) groups excluding carboxylic acids is 1. The number of amides is 1. The second-order valence-corrected chi connectivity index (χ2v) is 8.82. The minimum Gasteiger partial charge on any atom is -0.441 e. The minimum atomic E-state index is -0.656. The molecular formula is C24H26ClF2N5O2. The maximum Gasteiger partial charge on any atom is 0.415 e. The summed E-state index contributed by atoms with van der Waals surface area (Å²) < 4.78 is 35.5. The molecule has 2 fully saturated rings. The number of halogens is 3. The van der Waals surface area contributed by atoms with Gasteiger partial charge in [0.25, 0.3) is 0 Å². The number of aryl methyl sites for hydroxylation is 1. The zero-order chi connectivity index (χ0) is 23.0. The van der Waals surface area contributed by atoms with Crippen LogP contribution in [0.5, 0.6) is 0 Å². The zero-order valence-electron chi connectivity index (χ0n) is 18.7. The number of hydrogen-bond donors (Lipinski definition) is 1. The first-order chi connectivity index (χ1) is 15.9. The van der Waals surface area contributed by atoms with E-state index < -0.39 is 17.6 Å². The molecule has 180 valence electrons. The second kappa shape index (κ2) is 9.58. The summed E-state index contributed by atoms with van der Waals surface area (Å²) >= 11 is 0. The number of anilines is 2. The van der Waals surface area contributed by atoms with Gasteiger partial charge in [0.1, 0.15) is 28.6 Å². The minimum absolute atomic E-state index is 0. The molecule has 0 atom stereocenters. The highest BCUT2D eigenvalue weighted by Gasteiger charge is 2.48. The third kappa shape index (κ3) is 4.70. The number of pyridine rings is 1. The van der Waals surface area contributed by atoms with Crippen molar-refractivity contribution in [1.29, 1.82) is 0 Å². The fraction of sp³-hybridized carbons (Fsp3) is 0.375. The zero-order valence-corrected chi connectivity index (χ0v) is 19.5. The molecule has 1 amide bonds. The summed E-state index contributed by atoms with van der Waals surface area (Å²) in [6.07, 6.45) is 4.38. The number of ether oxygens (including phenoxy) is 1. The summed E-state index contributed by atoms with van der Waals surface area (Å²) in [6, 6.07) is 11.6. The molecule has 10 heteroatoms. The van der Waals surface area contributed by atoms with Gasteiger partial charge in [0.05, 0.1) is 6.54 Å². The first kappa shape index (κ1) is 23.9. The largest absolute Gasteiger partial charge is 0.441 e. The molecule has 2 aromatic heterocycles. The summed E-state index contributed by atoms with van der Waals surface area (Å²) in [7, 11) is 0. The summed E-state index contributed by atoms with van der Waals surface area (Å²) in [4.78, 5) is 17.7. The van der Waals surface area contributed by atoms with Crippen LogP contribution in [0.3, 0.4) is 0 Å². The van der Waals surface area contributed by atoms with Gasteiger partial charge in [-0.3, -0.25) is 4.90 Å². The Kier molecular flexibility index (Phi) is 6.74. The summed E-state index contributed by atoms with van der Waals surface area (Å²) in [5.74, 6) is 0.0852. The van der Waals surface area contributed by atoms with E-state index in [-0.39, 0.29) is 23.9 Å². The molecule has 34 heavy (non-hydrogen) atoms. The van der Waals surface area contributed by atoms with Crippen molar-refractivity contribution in [2.24, 2.45) is 5.92 Å². The van der Waals surface area contributed by atoms with Crippen molar-refractivity contribution in [3.05, 3.63) is 66.1 Å². The highest BCUT2D eigenvalue weighted by Crippen LogP contribution is 2.41. The van der Waals surface area contributed by atoms with Gasteiger partial charge in [-0.05, 0) is 62.8 Å². The van der Waals surface area contributed by atoms with E-state index in [4.69, 9.17) is 4.74 Å². The SMILES string of the molecule is Cc1ccc(N2C[C@]3(CC[C@@H](CNc4ccn(-c5ccccc5F)n4)CC3)OC2=O)c(F)n1.Cl. The fourth-order valence-corrected chi connectivity index (χ4v) is 4.63. The first-order valence-corrected chi connectivity index (χ1v) is 11.1. The first-order valence-electron chi connectivity index (χ1n) is 11.1. The molecule has 1 aromatic carbocycles. The molecule has 3 aromatic rings. The van der Waals surface area contributed by atoms with Gasteiger partial charge in [-0.2, -0.15) is 9.49 Å². The van der Waals surface area contributed by atoms with Crippen molar-refractivity contribution >= 4 is 30.0 Å². The molecule has 1 saturated carbocycles. The Morgan fingerprint density at radius 3 is 2.62 bits per heavy atom. The lowest BCUT2D eigenvalue weighted by molar-refractivity contribution is 0.0148. The van der Waals surface area contributed by atoms with Crippen LogP contribution >= 0.6 is 12.4 Å². The number of benzene rings is 1. The third-order valence-corrected chi connectivity index (χ3v) is 6.51. The highest BCUT2D eigenvalue weighted by atomic mass is 35.5. The maximum atomic E-state index is 14.3. The Morgan fingerprint density at radius 2 is 1.88 bits per heavy atom. The van der Waals surface area contributed by atoms with E-state index in [0.717, 1.165) is 19.4 Å². The Hall–Kier alpha value is -3.20. The Balaban J connectivity index is 0.00000274. The number of nitrogens with zero attached hydrogens (tertiary/aromatic N) is 4. The number of nitrogens with one attached hydrogen (secondary N) is 1. The van der Waals surface area contributed by atoms with Gasteiger partial charge in [0.15, 0.2) is 0 Å². The van der Waals surface area contributed by atoms with E-state index >= 15 is 0 Å². The van der Waals surface area contributed by atoms with E-state index in [2.05, 4.69) is 15.4 Å². The van der Waals surface area contributed by atoms with Crippen molar-refractivity contribution in [2.45, 2.75) is 38.2 Å². The third-order valence-electron chi connectivity index (χ3n) is 6.51. The molecule has 1 saturated heterocycles. The molecule has 7 nitrogen and oxygen atoms in total. The normalized spacial score (nSPS) is 21.9. The Morgan fingerprint density at radius 1 is 1.12 bits per heavy atom. The van der Waals surface area contributed by atoms with Crippen LogP contribution in [0.1, 0.15) is 31.4 Å². The van der Waals surface area contributed by atoms with Gasteiger partial charge in [0, 0.05) is 24.5 Å². The van der Waals surface area contributed by atoms with Crippen molar-refractivity contribution in [2.75, 3.05) is 23.3 Å². The van der Waals surface area contributed by atoms with E-state index in [9.17, 15) is 13.6 Å². The predicted octanol–water partition coefficient (Wildman–Crippen LogP) is 5.27. The van der Waals surface area contributed by atoms with Crippen molar-refractivity contribution in [3.63, 3.8) is 0 Å². The molecule has 0 bridgehead atoms. The molecule has 3 heterocycles. The molecule has 1 aliphatic carbocycles. The van der Waals surface area contributed by atoms with Crippen molar-refractivity contribution < 1.29 is 18.3 Å². The molecule has 0 unspecified atom stereocenters. The van der Waals surface area contributed by atoms with Crippen LogP contribution in [0.2, 0.25) is 0 Å². The monoisotopic (exact) mass is 489 g/mol. The molecule has 1 spiro atoms. The Bertz CT molecular complexity index is 1180. The number of carbonyl (C=O) groups is 1. The van der Waals surface area contributed by atoms with Gasteiger partial charge >= 0.3 is 6.09 Å². The van der Waals surface area contributed by atoms with Crippen LogP contribution in [0.25, 0.3) is 5.69 Å². The van der Waals surface area contributed by atoms with E-state index in [1.165, 1.54) is 15.6 Å². The van der Waals surface area contributed by atoms with E-state index in [1.807, 2.05) is 6.07 Å². The summed E-state index contributed by atoms with van der Waals surface area (Å²) in [6.45, 7) is 2.76. The average molecular weight is 490 g/mol. The molecule has 5 rings (SSSR count). The van der Waals surface area contributed by atoms with Gasteiger partial charge < -0.3 is 10.1 Å². The van der Waals surface area contributed by atoms with Crippen LogP contribution < -0.4 is 10.2 Å². The van der Waals surface area contributed by atoms with Crippen LogP contribution in [-0.4, -0.2) is 39.5 Å². The molecule has 1 N–H and O–H groups in total. The fourth-order valence-electron chi connectivity index (χ4n) is 4.63. The van der Waals surface area contributed by atoms with Crippen molar-refractivity contribution in [1.82, 2.24) is 14.8 Å².